The minimum Gasteiger partial charge on any atom is -0.386 e. The molecule has 0 saturated carbocycles. The number of hydrogen-bond acceptors (Lipinski definition) is 4. The molecule has 1 heterocycles. The number of carbonyl (C=O) groups is 2. The van der Waals surface area contributed by atoms with Crippen LogP contribution in [0.5, 0.6) is 0 Å². The van der Waals surface area contributed by atoms with E-state index >= 15 is 0 Å². The number of esters is 2. The second-order valence-electron chi connectivity index (χ2n) is 7.38. The van der Waals surface area contributed by atoms with Gasteiger partial charge >= 0.3 is 11.9 Å². The van der Waals surface area contributed by atoms with E-state index in [1.807, 2.05) is 18.2 Å². The van der Waals surface area contributed by atoms with Crippen LogP contribution in [0.1, 0.15) is 26.3 Å². The van der Waals surface area contributed by atoms with Crippen LogP contribution in [-0.2, 0) is 4.74 Å². The van der Waals surface area contributed by atoms with Gasteiger partial charge in [0.1, 0.15) is 0 Å². The van der Waals surface area contributed by atoms with Gasteiger partial charge in [-0.05, 0) is 70.3 Å². The molecule has 3 nitrogen and oxygen atoms in total. The Labute approximate surface area is 171 Å². The van der Waals surface area contributed by atoms with Crippen molar-refractivity contribution in [2.75, 3.05) is 0 Å². The molecule has 1 aliphatic carbocycles. The lowest BCUT2D eigenvalue weighted by atomic mass is 9.95. The van der Waals surface area contributed by atoms with Crippen molar-refractivity contribution in [1.29, 1.82) is 0 Å². The predicted octanol–water partition coefficient (Wildman–Crippen LogP) is 6.26. The summed E-state index contributed by atoms with van der Waals surface area (Å²) in [5.74, 6) is -1.12. The van der Waals surface area contributed by atoms with E-state index in [1.165, 1.54) is 10.5 Å². The van der Waals surface area contributed by atoms with Gasteiger partial charge < -0.3 is 4.74 Å². The molecule has 0 atom stereocenters. The number of rotatable bonds is 2. The van der Waals surface area contributed by atoms with E-state index in [1.54, 1.807) is 11.8 Å². The molecule has 4 heteroatoms. The van der Waals surface area contributed by atoms with Gasteiger partial charge in [0.05, 0.1) is 11.1 Å². The van der Waals surface area contributed by atoms with Crippen LogP contribution in [-0.4, -0.2) is 11.9 Å². The number of aryl methyl sites for hydroxylation is 1. The molecule has 4 aromatic rings. The highest BCUT2D eigenvalue weighted by molar-refractivity contribution is 7.99. The Hall–Kier alpha value is -3.37. The summed E-state index contributed by atoms with van der Waals surface area (Å²) < 4.78 is 4.88. The molecular formula is C25H14O3S. The average molecular weight is 394 g/mol. The van der Waals surface area contributed by atoms with Crippen LogP contribution in [0.4, 0.5) is 0 Å². The zero-order valence-corrected chi connectivity index (χ0v) is 16.3. The third-order valence-corrected chi connectivity index (χ3v) is 6.55. The summed E-state index contributed by atoms with van der Waals surface area (Å²) >= 11 is 1.72. The first-order valence-corrected chi connectivity index (χ1v) is 10.2. The minimum absolute atomic E-state index is 0.360. The van der Waals surface area contributed by atoms with Gasteiger partial charge in [-0.1, -0.05) is 53.7 Å². The molecular weight excluding hydrogens is 380 g/mol. The van der Waals surface area contributed by atoms with E-state index in [2.05, 4.69) is 55.5 Å². The topological polar surface area (TPSA) is 43.4 Å². The van der Waals surface area contributed by atoms with Crippen molar-refractivity contribution in [1.82, 2.24) is 0 Å². The van der Waals surface area contributed by atoms with E-state index in [4.69, 9.17) is 4.74 Å². The van der Waals surface area contributed by atoms with Crippen molar-refractivity contribution in [3.63, 3.8) is 0 Å². The van der Waals surface area contributed by atoms with Crippen molar-refractivity contribution in [2.45, 2.75) is 16.7 Å². The Balaban J connectivity index is 1.56. The van der Waals surface area contributed by atoms with Crippen LogP contribution in [0.2, 0.25) is 0 Å². The highest BCUT2D eigenvalue weighted by atomic mass is 32.2. The van der Waals surface area contributed by atoms with Gasteiger partial charge in [-0.2, -0.15) is 0 Å². The third kappa shape index (κ3) is 2.33. The first-order valence-electron chi connectivity index (χ1n) is 9.36. The molecule has 0 saturated heterocycles. The van der Waals surface area contributed by atoms with Crippen LogP contribution in [0, 0.1) is 6.92 Å². The van der Waals surface area contributed by atoms with Gasteiger partial charge in [-0.25, -0.2) is 9.59 Å². The number of carbonyl (C=O) groups excluding carboxylic acids is 2. The highest BCUT2D eigenvalue weighted by Crippen LogP contribution is 2.50. The standard InChI is InChI=1S/C25H14O3S/c1-13-4-2-5-14(10-13)29-15-8-9-16-17-6-3-7-18-22(17)20(19(16)11-15)12-21-23(18)25(27)28-24(21)26/h2-12H,1H3. The van der Waals surface area contributed by atoms with Crippen LogP contribution in [0.25, 0.3) is 33.0 Å². The van der Waals surface area contributed by atoms with Gasteiger partial charge in [0.25, 0.3) is 0 Å². The van der Waals surface area contributed by atoms with Gasteiger partial charge in [0, 0.05) is 9.79 Å². The minimum atomic E-state index is -0.563. The number of fused-ring (bicyclic) bond motifs is 5. The Morgan fingerprint density at radius 1 is 0.690 bits per heavy atom. The Bertz CT molecular complexity index is 1400. The maximum absolute atomic E-state index is 12.2. The van der Waals surface area contributed by atoms with E-state index in [0.717, 1.165) is 37.9 Å². The van der Waals surface area contributed by atoms with E-state index in [-0.39, 0.29) is 0 Å². The van der Waals surface area contributed by atoms with E-state index in [9.17, 15) is 9.59 Å². The molecule has 0 aromatic heterocycles. The molecule has 29 heavy (non-hydrogen) atoms. The molecule has 2 aliphatic rings. The summed E-state index contributed by atoms with van der Waals surface area (Å²) in [6.07, 6.45) is 0. The molecule has 1 aliphatic heterocycles. The van der Waals surface area contributed by atoms with Crippen LogP contribution < -0.4 is 0 Å². The van der Waals surface area contributed by atoms with Gasteiger partial charge in [-0.15, -0.1) is 0 Å². The Morgan fingerprint density at radius 3 is 2.38 bits per heavy atom. The molecule has 0 bridgehead atoms. The second kappa shape index (κ2) is 5.82. The summed E-state index contributed by atoms with van der Waals surface area (Å²) in [5.41, 5.74) is 6.27. The summed E-state index contributed by atoms with van der Waals surface area (Å²) in [4.78, 5) is 26.8. The van der Waals surface area contributed by atoms with E-state index < -0.39 is 11.9 Å². The lowest BCUT2D eigenvalue weighted by molar-refractivity contribution is 0.0444. The molecule has 0 N–H and O–H groups in total. The summed E-state index contributed by atoms with van der Waals surface area (Å²) in [6, 6.07) is 22.6. The van der Waals surface area contributed by atoms with Gasteiger partial charge in [-0.3, -0.25) is 0 Å². The lowest BCUT2D eigenvalue weighted by Gasteiger charge is -2.07. The molecule has 0 radical (unpaired) electrons. The molecule has 6 rings (SSSR count). The molecule has 0 unspecified atom stereocenters. The van der Waals surface area contributed by atoms with Crippen molar-refractivity contribution in [2.24, 2.45) is 0 Å². The fourth-order valence-corrected chi connectivity index (χ4v) is 5.33. The van der Waals surface area contributed by atoms with E-state index in [0.29, 0.717) is 11.1 Å². The number of cyclic esters (lactones) is 2. The van der Waals surface area contributed by atoms with Crippen molar-refractivity contribution in [3.8, 4) is 22.3 Å². The summed E-state index contributed by atoms with van der Waals surface area (Å²) in [6.45, 7) is 2.09. The van der Waals surface area contributed by atoms with Gasteiger partial charge in [0.2, 0.25) is 0 Å². The maximum Gasteiger partial charge on any atom is 0.347 e. The Morgan fingerprint density at radius 2 is 1.52 bits per heavy atom. The molecule has 4 aromatic carbocycles. The largest absolute Gasteiger partial charge is 0.386 e. The molecule has 138 valence electrons. The predicted molar refractivity (Wildman–Crippen MR) is 113 cm³/mol. The SMILES string of the molecule is Cc1cccc(Sc2ccc3c(c2)-c2cc4c(c5cccc-3c25)C(=O)OC4=O)c1. The first kappa shape index (κ1) is 16.6. The third-order valence-electron chi connectivity index (χ3n) is 5.57. The monoisotopic (exact) mass is 394 g/mol. The van der Waals surface area contributed by atoms with Crippen LogP contribution in [0.3, 0.4) is 0 Å². The van der Waals surface area contributed by atoms with Crippen molar-refractivity contribution in [3.05, 3.63) is 83.4 Å². The quantitative estimate of drug-likeness (QED) is 0.262. The normalized spacial score (nSPS) is 13.6. The summed E-state index contributed by atoms with van der Waals surface area (Å²) in [7, 11) is 0. The van der Waals surface area contributed by atoms with Gasteiger partial charge in [0.15, 0.2) is 0 Å². The summed E-state index contributed by atoms with van der Waals surface area (Å²) in [5, 5.41) is 1.81. The highest BCUT2D eigenvalue weighted by Gasteiger charge is 2.35. The number of benzene rings is 4. The zero-order chi connectivity index (χ0) is 19.7. The first-order chi connectivity index (χ1) is 14.1. The van der Waals surface area contributed by atoms with Crippen molar-refractivity contribution >= 4 is 34.5 Å². The smallest absolute Gasteiger partial charge is 0.347 e. The molecule has 0 fully saturated rings. The van der Waals surface area contributed by atoms with Crippen LogP contribution in [0.15, 0.2) is 76.5 Å². The maximum atomic E-state index is 12.2. The number of hydrogen-bond donors (Lipinski definition) is 0. The molecule has 0 spiro atoms. The molecule has 0 amide bonds. The van der Waals surface area contributed by atoms with Crippen molar-refractivity contribution < 1.29 is 14.3 Å². The average Bonchev–Trinajstić information content (AvgIpc) is 3.18. The number of ether oxygens (including phenoxy) is 1. The van der Waals surface area contributed by atoms with Crippen LogP contribution >= 0.6 is 11.8 Å². The fraction of sp³-hybridized carbons (Fsp3) is 0.0400. The Kier molecular flexibility index (Phi) is 3.32. The lowest BCUT2D eigenvalue weighted by Crippen LogP contribution is -1.97. The second-order valence-corrected chi connectivity index (χ2v) is 8.52. The fourth-order valence-electron chi connectivity index (χ4n) is 4.35. The zero-order valence-electron chi connectivity index (χ0n) is 15.5.